The third-order valence-corrected chi connectivity index (χ3v) is 7.81. The predicted octanol–water partition coefficient (Wildman–Crippen LogP) is 3.87. The van der Waals surface area contributed by atoms with E-state index in [2.05, 4.69) is 27.9 Å². The fourth-order valence-electron chi connectivity index (χ4n) is 6.16. The molecule has 170 valence electrons. The van der Waals surface area contributed by atoms with Crippen LogP contribution in [0.25, 0.3) is 10.9 Å². The molecule has 1 aromatic heterocycles. The number of allylic oxidation sites excluding steroid dienone is 2. The van der Waals surface area contributed by atoms with E-state index in [9.17, 15) is 9.59 Å². The second-order valence-corrected chi connectivity index (χ2v) is 9.52. The smallest absolute Gasteiger partial charge is 0.254 e. The summed E-state index contributed by atoms with van der Waals surface area (Å²) in [5.41, 5.74) is 4.09. The Labute approximate surface area is 196 Å². The maximum absolute atomic E-state index is 13.0. The molecule has 0 spiro atoms. The molecule has 0 unspecified atom stereocenters. The maximum Gasteiger partial charge on any atom is 0.254 e. The summed E-state index contributed by atoms with van der Waals surface area (Å²) in [7, 11) is 0. The largest absolute Gasteiger partial charge is 0.454 e. The van der Waals surface area contributed by atoms with Crippen LogP contribution in [-0.2, 0) is 16.1 Å². The first kappa shape index (κ1) is 19.6. The molecule has 0 radical (unpaired) electrons. The third kappa shape index (κ3) is 2.67. The Bertz CT molecular complexity index is 1410. The minimum absolute atomic E-state index is 0.162. The molecule has 2 aliphatic carbocycles. The van der Waals surface area contributed by atoms with Crippen LogP contribution in [0.2, 0.25) is 0 Å². The van der Waals surface area contributed by atoms with Crippen molar-refractivity contribution in [2.24, 2.45) is 28.8 Å². The lowest BCUT2D eigenvalue weighted by molar-refractivity contribution is -0.140. The van der Waals surface area contributed by atoms with Crippen LogP contribution in [0, 0.1) is 30.6 Å². The second-order valence-electron chi connectivity index (χ2n) is 9.52. The second kappa shape index (κ2) is 7.06. The van der Waals surface area contributed by atoms with E-state index >= 15 is 0 Å². The van der Waals surface area contributed by atoms with Crippen molar-refractivity contribution in [2.45, 2.75) is 19.9 Å². The van der Waals surface area contributed by atoms with Crippen molar-refractivity contribution in [1.82, 2.24) is 9.58 Å². The van der Waals surface area contributed by atoms with Gasteiger partial charge in [0.05, 0.1) is 18.1 Å². The lowest BCUT2D eigenvalue weighted by atomic mass is 9.85. The van der Waals surface area contributed by atoms with E-state index in [1.165, 1.54) is 0 Å². The van der Waals surface area contributed by atoms with E-state index in [0.717, 1.165) is 50.7 Å². The molecule has 0 N–H and O–H groups in total. The number of hydrogen-bond donors (Lipinski definition) is 0. The molecule has 2 bridgehead atoms. The summed E-state index contributed by atoms with van der Waals surface area (Å²) >= 11 is 0. The lowest BCUT2D eigenvalue weighted by Gasteiger charge is -2.13. The predicted molar refractivity (Wildman–Crippen MR) is 126 cm³/mol. The summed E-state index contributed by atoms with van der Waals surface area (Å²) in [6.45, 7) is 2.94. The van der Waals surface area contributed by atoms with Crippen molar-refractivity contribution in [3.63, 3.8) is 0 Å². The van der Waals surface area contributed by atoms with Crippen molar-refractivity contribution in [1.29, 1.82) is 0 Å². The minimum atomic E-state index is -0.243. The number of amides is 2. The molecule has 2 fully saturated rings. The molecule has 2 amide bonds. The van der Waals surface area contributed by atoms with Crippen molar-refractivity contribution in [3.05, 3.63) is 71.4 Å². The number of hydrazone groups is 1. The molecule has 34 heavy (non-hydrogen) atoms. The Morgan fingerprint density at radius 1 is 1.00 bits per heavy atom. The summed E-state index contributed by atoms with van der Waals surface area (Å²) in [4.78, 5) is 26.1. The van der Waals surface area contributed by atoms with Crippen LogP contribution in [0.4, 0.5) is 0 Å². The SMILES string of the molecule is Cc1c(C=NN2C(=O)[C@@H]3[C@H](C2=O)[C@H]2C=C[C@H]3C2)c2ccccc2n1Cc1ccc2c(c1)OCO2. The Morgan fingerprint density at radius 2 is 1.74 bits per heavy atom. The van der Waals surface area contributed by atoms with Gasteiger partial charge in [0.25, 0.3) is 11.8 Å². The molecule has 4 atom stereocenters. The number of imide groups is 1. The Morgan fingerprint density at radius 3 is 2.53 bits per heavy atom. The number of carbonyl (C=O) groups excluding carboxylic acids is 2. The molecule has 2 aromatic carbocycles. The van der Waals surface area contributed by atoms with Gasteiger partial charge in [-0.3, -0.25) is 9.59 Å². The van der Waals surface area contributed by atoms with Crippen molar-refractivity contribution in [3.8, 4) is 11.5 Å². The van der Waals surface area contributed by atoms with E-state index in [4.69, 9.17) is 9.47 Å². The number of benzene rings is 2. The van der Waals surface area contributed by atoms with Crippen LogP contribution in [-0.4, -0.2) is 34.4 Å². The van der Waals surface area contributed by atoms with Gasteiger partial charge in [-0.25, -0.2) is 0 Å². The Balaban J connectivity index is 1.23. The molecular weight excluding hydrogens is 430 g/mol. The minimum Gasteiger partial charge on any atom is -0.454 e. The summed E-state index contributed by atoms with van der Waals surface area (Å²) < 4.78 is 13.2. The number of para-hydroxylation sites is 1. The molecule has 2 aliphatic heterocycles. The highest BCUT2D eigenvalue weighted by Crippen LogP contribution is 2.52. The van der Waals surface area contributed by atoms with E-state index in [1.54, 1.807) is 6.21 Å². The molecule has 7 heteroatoms. The quantitative estimate of drug-likeness (QED) is 0.342. The lowest BCUT2D eigenvalue weighted by Crippen LogP contribution is -2.28. The van der Waals surface area contributed by atoms with Gasteiger partial charge in [0, 0.05) is 28.7 Å². The summed E-state index contributed by atoms with van der Waals surface area (Å²) in [6, 6.07) is 14.1. The van der Waals surface area contributed by atoms with E-state index in [0.29, 0.717) is 6.54 Å². The standard InChI is InChI=1S/C27H23N3O4/c1-15-20(12-28-30-26(31)24-17-7-8-18(11-17)25(24)27(30)32)19-4-2-3-5-21(19)29(15)13-16-6-9-22-23(10-16)34-14-33-22/h2-10,12,17-18,24-25H,11,13-14H2,1H3/t17-,18-,24-,25+/m0/s1. The molecule has 3 aromatic rings. The van der Waals surface area contributed by atoms with Gasteiger partial charge in [-0.15, -0.1) is 0 Å². The highest BCUT2D eigenvalue weighted by Gasteiger charge is 2.59. The Kier molecular flexibility index (Phi) is 4.07. The first-order chi connectivity index (χ1) is 16.6. The summed E-state index contributed by atoms with van der Waals surface area (Å²) in [5, 5.41) is 6.59. The zero-order valence-electron chi connectivity index (χ0n) is 18.7. The fourth-order valence-corrected chi connectivity index (χ4v) is 6.16. The zero-order chi connectivity index (χ0) is 23.0. The van der Waals surface area contributed by atoms with Crippen LogP contribution in [0.15, 0.2) is 59.7 Å². The van der Waals surface area contributed by atoms with E-state index in [1.807, 2.05) is 43.3 Å². The number of fused-ring (bicyclic) bond motifs is 7. The number of carbonyl (C=O) groups is 2. The van der Waals surface area contributed by atoms with Crippen LogP contribution >= 0.6 is 0 Å². The first-order valence-corrected chi connectivity index (χ1v) is 11.7. The van der Waals surface area contributed by atoms with Gasteiger partial charge in [-0.1, -0.05) is 36.4 Å². The van der Waals surface area contributed by atoms with Crippen LogP contribution in [0.1, 0.15) is 23.2 Å². The number of nitrogens with zero attached hydrogens (tertiary/aromatic N) is 3. The van der Waals surface area contributed by atoms with Gasteiger partial charge in [-0.2, -0.15) is 10.1 Å². The van der Waals surface area contributed by atoms with Gasteiger partial charge >= 0.3 is 0 Å². The van der Waals surface area contributed by atoms with Gasteiger partial charge in [0.1, 0.15) is 0 Å². The van der Waals surface area contributed by atoms with Crippen LogP contribution < -0.4 is 9.47 Å². The number of aromatic nitrogens is 1. The number of hydrogen-bond acceptors (Lipinski definition) is 5. The molecule has 7 rings (SSSR count). The molecule has 3 heterocycles. The van der Waals surface area contributed by atoms with Crippen molar-refractivity contribution in [2.75, 3.05) is 6.79 Å². The highest BCUT2D eigenvalue weighted by atomic mass is 16.7. The summed E-state index contributed by atoms with van der Waals surface area (Å²) in [6.07, 6.45) is 6.78. The molecule has 4 aliphatic rings. The van der Waals surface area contributed by atoms with Gasteiger partial charge in [-0.05, 0) is 48.9 Å². The number of rotatable bonds is 4. The van der Waals surface area contributed by atoms with E-state index in [-0.39, 0.29) is 42.3 Å². The highest BCUT2D eigenvalue weighted by molar-refractivity contribution is 6.08. The average molecular weight is 453 g/mol. The zero-order valence-corrected chi connectivity index (χ0v) is 18.7. The molecular formula is C27H23N3O4. The monoisotopic (exact) mass is 453 g/mol. The average Bonchev–Trinajstić information content (AvgIpc) is 3.65. The van der Waals surface area contributed by atoms with Crippen LogP contribution in [0.3, 0.4) is 0 Å². The van der Waals surface area contributed by atoms with Crippen LogP contribution in [0.5, 0.6) is 11.5 Å². The first-order valence-electron chi connectivity index (χ1n) is 11.7. The van der Waals surface area contributed by atoms with Gasteiger partial charge in [0.2, 0.25) is 6.79 Å². The van der Waals surface area contributed by atoms with Gasteiger partial charge in [0.15, 0.2) is 11.5 Å². The molecule has 1 saturated carbocycles. The number of ether oxygens (including phenoxy) is 2. The Hall–Kier alpha value is -3.87. The molecule has 7 nitrogen and oxygen atoms in total. The normalized spacial score (nSPS) is 26.6. The molecule has 1 saturated heterocycles. The topological polar surface area (TPSA) is 73.1 Å². The fraction of sp³-hybridized carbons (Fsp3) is 0.296. The van der Waals surface area contributed by atoms with Crippen molar-refractivity contribution < 1.29 is 19.1 Å². The maximum atomic E-state index is 13.0. The third-order valence-electron chi connectivity index (χ3n) is 7.81. The van der Waals surface area contributed by atoms with Gasteiger partial charge < -0.3 is 14.0 Å². The van der Waals surface area contributed by atoms with E-state index < -0.39 is 0 Å². The van der Waals surface area contributed by atoms with Crippen molar-refractivity contribution >= 4 is 28.9 Å². The summed E-state index contributed by atoms with van der Waals surface area (Å²) in [5.74, 6) is 1.07.